The number of phosphoric ester groups is 2. The highest BCUT2D eigenvalue weighted by atomic mass is 31.2. The van der Waals surface area contributed by atoms with Crippen LogP contribution in [0.4, 0.5) is 5.82 Å². The maximum Gasteiger partial charge on any atom is 0.472 e. The Morgan fingerprint density at radius 3 is 2.25 bits per heavy atom. The van der Waals surface area contributed by atoms with Crippen LogP contribution in [-0.2, 0) is 41.4 Å². The number of para-hydroxylation sites is 3. The van der Waals surface area contributed by atoms with Gasteiger partial charge in [-0.2, -0.15) is 4.98 Å². The molecule has 26 heteroatoms. The van der Waals surface area contributed by atoms with E-state index in [1.165, 1.54) is 31.5 Å². The molecule has 338 valence electrons. The quantitative estimate of drug-likeness (QED) is 0.0734. The average molecular weight is 921 g/mol. The van der Waals surface area contributed by atoms with Crippen molar-refractivity contribution in [3.8, 4) is 17.2 Å². The molecule has 3 saturated heterocycles. The fourth-order valence-corrected chi connectivity index (χ4v) is 9.44. The Bertz CT molecular complexity index is 2730. The second kappa shape index (κ2) is 17.9. The molecule has 8 N–H and O–H groups in total. The molecule has 0 saturated carbocycles. The standard InChI is InChI=1S/C37H42N6O18P2/c1-18-14-43(37(49)41-34(18)47)31-11-22(45)28(58-31)16-54-62(50,51)60-25-12-24(19-5-4-6-20(33(19)46)35-39-21-7-2-3-8-23(21)59-35)56-29(25)17-55-63(52,53)61-26-13-32(57-27(26)15-44)42-10-9-30(38)40-36(42)48/h2-10,14,22,24-29,31-32,44-46H,11-13,15-17H2,1H3,(H,50,51)(H,52,53)(H2,38,40,48)(H,41,47,49)/t22-,24+,25-,26-,27+,28+,29+,31+,32+/m0/s1. The van der Waals surface area contributed by atoms with Gasteiger partial charge in [-0.1, -0.05) is 24.3 Å². The zero-order valence-corrected chi connectivity index (χ0v) is 34.8. The largest absolute Gasteiger partial charge is 0.507 e. The number of aromatic hydroxyl groups is 1. The minimum absolute atomic E-state index is 0.0454. The summed E-state index contributed by atoms with van der Waals surface area (Å²) in [6.45, 7) is -0.713. The number of aryl methyl sites for hydroxylation is 1. The number of oxazole rings is 1. The summed E-state index contributed by atoms with van der Waals surface area (Å²) in [5.41, 5.74) is 4.94. The monoisotopic (exact) mass is 920 g/mol. The van der Waals surface area contributed by atoms with E-state index in [9.17, 15) is 48.6 Å². The van der Waals surface area contributed by atoms with Gasteiger partial charge in [0, 0.05) is 42.8 Å². The number of nitrogens with two attached hydrogens (primary N) is 1. The van der Waals surface area contributed by atoms with Gasteiger partial charge in [-0.3, -0.25) is 37.0 Å². The number of phenolic OH excluding ortho intramolecular Hbond substituents is 1. The third kappa shape index (κ3) is 9.78. The molecule has 6 heterocycles. The van der Waals surface area contributed by atoms with Crippen molar-refractivity contribution in [1.82, 2.24) is 24.1 Å². The lowest BCUT2D eigenvalue weighted by molar-refractivity contribution is -0.0563. The lowest BCUT2D eigenvalue weighted by Gasteiger charge is -2.24. The second-order valence-electron chi connectivity index (χ2n) is 14.9. The zero-order valence-electron chi connectivity index (χ0n) is 33.0. The van der Waals surface area contributed by atoms with E-state index >= 15 is 0 Å². The van der Waals surface area contributed by atoms with Crippen molar-refractivity contribution in [2.24, 2.45) is 0 Å². The van der Waals surface area contributed by atoms with Gasteiger partial charge in [-0.25, -0.2) is 23.7 Å². The van der Waals surface area contributed by atoms with Crippen molar-refractivity contribution in [2.45, 2.75) is 81.4 Å². The number of anilines is 1. The third-order valence-corrected chi connectivity index (χ3v) is 12.7. The van der Waals surface area contributed by atoms with Crippen molar-refractivity contribution in [1.29, 1.82) is 0 Å². The number of fused-ring (bicyclic) bond motifs is 1. The first kappa shape index (κ1) is 44.7. The Balaban J connectivity index is 0.982. The number of rotatable bonds is 15. The van der Waals surface area contributed by atoms with Gasteiger partial charge in [-0.05, 0) is 31.2 Å². The first-order valence-electron chi connectivity index (χ1n) is 19.4. The lowest BCUT2D eigenvalue weighted by Crippen LogP contribution is -2.33. The number of benzene rings is 2. The minimum Gasteiger partial charge on any atom is -0.507 e. The van der Waals surface area contributed by atoms with Crippen molar-refractivity contribution in [3.05, 3.63) is 103 Å². The number of aromatic nitrogens is 5. The number of nitrogens with one attached hydrogen (secondary N) is 1. The molecule has 3 fully saturated rings. The number of nitrogen functional groups attached to an aromatic ring is 1. The van der Waals surface area contributed by atoms with E-state index in [1.807, 2.05) is 0 Å². The molecule has 3 aromatic heterocycles. The molecular weight excluding hydrogens is 878 g/mol. The summed E-state index contributed by atoms with van der Waals surface area (Å²) in [5, 5.41) is 32.1. The van der Waals surface area contributed by atoms with Crippen LogP contribution in [0.5, 0.6) is 5.75 Å². The predicted octanol–water partition coefficient (Wildman–Crippen LogP) is 1.66. The van der Waals surface area contributed by atoms with Gasteiger partial charge in [-0.15, -0.1) is 0 Å². The molecule has 63 heavy (non-hydrogen) atoms. The molecule has 2 unspecified atom stereocenters. The molecule has 3 aliphatic rings. The number of ether oxygens (including phenoxy) is 3. The third-order valence-electron chi connectivity index (χ3n) is 10.7. The topological polar surface area (TPSA) is 342 Å². The van der Waals surface area contributed by atoms with Crippen LogP contribution < -0.4 is 22.7 Å². The summed E-state index contributed by atoms with van der Waals surface area (Å²) in [7, 11) is -10.2. The van der Waals surface area contributed by atoms with Gasteiger partial charge in [0.05, 0.1) is 37.6 Å². The van der Waals surface area contributed by atoms with Gasteiger partial charge in [0.2, 0.25) is 5.89 Å². The summed E-state index contributed by atoms with van der Waals surface area (Å²) in [6, 6.07) is 12.9. The number of aromatic amines is 1. The lowest BCUT2D eigenvalue weighted by atomic mass is 10.0. The Morgan fingerprint density at radius 2 is 1.54 bits per heavy atom. The molecule has 11 atom stereocenters. The molecule has 2 aromatic carbocycles. The number of phenols is 1. The summed E-state index contributed by atoms with van der Waals surface area (Å²) in [4.78, 5) is 68.7. The highest BCUT2D eigenvalue weighted by Gasteiger charge is 2.46. The summed E-state index contributed by atoms with van der Waals surface area (Å²) in [5.74, 6) is -0.270. The van der Waals surface area contributed by atoms with E-state index in [1.54, 1.807) is 36.4 Å². The fourth-order valence-electron chi connectivity index (χ4n) is 7.52. The van der Waals surface area contributed by atoms with Crippen LogP contribution in [-0.4, -0.2) is 106 Å². The maximum atomic E-state index is 13.5. The summed E-state index contributed by atoms with van der Waals surface area (Å²) >= 11 is 0. The van der Waals surface area contributed by atoms with E-state index in [2.05, 4.69) is 15.0 Å². The zero-order chi connectivity index (χ0) is 44.8. The maximum absolute atomic E-state index is 13.5. The SMILES string of the molecule is Cc1cn([C@H]2C[C@H](O)[C@@H](COP(=O)(O)O[C@H]3C[C@H](c4cccc(-c5nc6ccccc6o5)c4O)O[C@@H]3COP(=O)(O)O[C@H]3C[C@H](n4ccc(N)nc4=O)O[C@@H]3CO)O2)c(=O)[nH]c1=O. The molecule has 0 bridgehead atoms. The van der Waals surface area contributed by atoms with Crippen LogP contribution in [0.25, 0.3) is 22.6 Å². The highest BCUT2D eigenvalue weighted by Crippen LogP contribution is 2.53. The van der Waals surface area contributed by atoms with Gasteiger partial charge in [0.15, 0.2) is 5.58 Å². The molecule has 0 aliphatic carbocycles. The predicted molar refractivity (Wildman–Crippen MR) is 214 cm³/mol. The number of hydrogen-bond acceptors (Lipinski definition) is 19. The Kier molecular flexibility index (Phi) is 12.7. The van der Waals surface area contributed by atoms with Gasteiger partial charge < -0.3 is 49.5 Å². The molecule has 8 rings (SSSR count). The minimum atomic E-state index is -5.10. The van der Waals surface area contributed by atoms with Gasteiger partial charge in [0.25, 0.3) is 5.56 Å². The van der Waals surface area contributed by atoms with Crippen LogP contribution in [0.1, 0.15) is 48.9 Å². The number of aliphatic hydroxyl groups excluding tert-OH is 2. The molecule has 0 amide bonds. The Morgan fingerprint density at radius 1 is 0.857 bits per heavy atom. The Hall–Kier alpha value is -4.91. The normalized spacial score (nSPS) is 28.0. The van der Waals surface area contributed by atoms with Gasteiger partial charge >= 0.3 is 27.0 Å². The van der Waals surface area contributed by atoms with Crippen molar-refractivity contribution >= 4 is 32.6 Å². The van der Waals surface area contributed by atoms with Crippen molar-refractivity contribution in [2.75, 3.05) is 25.6 Å². The summed E-state index contributed by atoms with van der Waals surface area (Å²) < 4.78 is 73.9. The van der Waals surface area contributed by atoms with Crippen molar-refractivity contribution in [3.63, 3.8) is 0 Å². The van der Waals surface area contributed by atoms with Crippen LogP contribution in [0.15, 0.2) is 79.7 Å². The van der Waals surface area contributed by atoms with Gasteiger partial charge in [0.1, 0.15) is 60.1 Å². The molecular formula is C37H42N6O18P2. The second-order valence-corrected chi connectivity index (χ2v) is 17.8. The molecule has 5 aromatic rings. The van der Waals surface area contributed by atoms with Crippen LogP contribution in [0, 0.1) is 6.92 Å². The molecule has 0 radical (unpaired) electrons. The smallest absolute Gasteiger partial charge is 0.472 e. The first-order chi connectivity index (χ1) is 30.0. The number of phosphoric acid groups is 2. The number of nitrogens with zero attached hydrogens (tertiary/aromatic N) is 4. The van der Waals surface area contributed by atoms with Crippen LogP contribution in [0.3, 0.4) is 0 Å². The summed E-state index contributed by atoms with van der Waals surface area (Å²) in [6.07, 6.45) is -9.04. The molecule has 24 nitrogen and oxygen atoms in total. The molecule has 0 spiro atoms. The Labute approximate surface area is 354 Å². The van der Waals surface area contributed by atoms with Crippen LogP contribution in [0.2, 0.25) is 0 Å². The van der Waals surface area contributed by atoms with E-state index < -0.39 is 108 Å². The number of hydrogen-bond donors (Lipinski definition) is 7. The average Bonchev–Trinajstić information content (AvgIpc) is 4.02. The van der Waals surface area contributed by atoms with E-state index in [0.29, 0.717) is 11.1 Å². The first-order valence-corrected chi connectivity index (χ1v) is 22.4. The van der Waals surface area contributed by atoms with E-state index in [0.717, 1.165) is 9.13 Å². The fraction of sp³-hybridized carbons (Fsp3) is 0.432. The number of H-pyrrole nitrogens is 1. The van der Waals surface area contributed by atoms with E-state index in [-0.39, 0.29) is 53.4 Å². The van der Waals surface area contributed by atoms with E-state index in [4.69, 9.17) is 42.5 Å². The van der Waals surface area contributed by atoms with Crippen LogP contribution >= 0.6 is 15.6 Å². The number of aliphatic hydroxyl groups is 2. The molecule has 3 aliphatic heterocycles. The highest BCUT2D eigenvalue weighted by molar-refractivity contribution is 7.47. The van der Waals surface area contributed by atoms with Crippen molar-refractivity contribution < 1.29 is 71.0 Å².